The summed E-state index contributed by atoms with van der Waals surface area (Å²) in [5.41, 5.74) is 1.04. The van der Waals surface area contributed by atoms with Crippen LogP contribution < -0.4 is 5.32 Å². The van der Waals surface area contributed by atoms with Crippen LogP contribution in [-0.4, -0.2) is 21.0 Å². The van der Waals surface area contributed by atoms with Gasteiger partial charge in [-0.3, -0.25) is 10.1 Å². The second kappa shape index (κ2) is 6.10. The Balaban J connectivity index is 1.90. The lowest BCUT2D eigenvalue weighted by Gasteiger charge is -2.14. The molecule has 6 heteroatoms. The molecule has 0 aliphatic rings. The maximum Gasteiger partial charge on any atom is 0.269 e. The molecule has 0 spiro atoms. The molecular weight excluding hydrogens is 244 g/mol. The summed E-state index contributed by atoms with van der Waals surface area (Å²) < 4.78 is 1.98. The third-order valence-electron chi connectivity index (χ3n) is 2.96. The first-order valence-electron chi connectivity index (χ1n) is 6.10. The normalized spacial score (nSPS) is 12.3. The van der Waals surface area contributed by atoms with Gasteiger partial charge in [0.2, 0.25) is 0 Å². The molecule has 1 heterocycles. The smallest absolute Gasteiger partial charge is 0.269 e. The molecule has 0 amide bonds. The number of aromatic nitrogens is 2. The van der Waals surface area contributed by atoms with E-state index in [9.17, 15) is 10.1 Å². The highest BCUT2D eigenvalue weighted by Crippen LogP contribution is 2.18. The maximum atomic E-state index is 10.7. The van der Waals surface area contributed by atoms with Gasteiger partial charge in [0.15, 0.2) is 0 Å². The van der Waals surface area contributed by atoms with Gasteiger partial charge >= 0.3 is 0 Å². The molecule has 1 N–H and O–H groups in total. The van der Waals surface area contributed by atoms with Crippen LogP contribution in [0.15, 0.2) is 43.0 Å². The second-order valence-electron chi connectivity index (χ2n) is 4.33. The Morgan fingerprint density at radius 1 is 1.53 bits per heavy atom. The minimum Gasteiger partial charge on any atom is -0.336 e. The van der Waals surface area contributed by atoms with E-state index in [1.165, 1.54) is 6.07 Å². The summed E-state index contributed by atoms with van der Waals surface area (Å²) in [5, 5.41) is 14.1. The molecule has 1 unspecified atom stereocenters. The van der Waals surface area contributed by atoms with Gasteiger partial charge in [-0.25, -0.2) is 4.98 Å². The minimum absolute atomic E-state index is 0.0726. The number of imidazole rings is 1. The van der Waals surface area contributed by atoms with Crippen molar-refractivity contribution in [1.29, 1.82) is 0 Å². The Labute approximate surface area is 111 Å². The van der Waals surface area contributed by atoms with Crippen LogP contribution in [0.1, 0.15) is 18.5 Å². The van der Waals surface area contributed by atoms with E-state index < -0.39 is 0 Å². The third-order valence-corrected chi connectivity index (χ3v) is 2.96. The monoisotopic (exact) mass is 260 g/mol. The third kappa shape index (κ3) is 3.62. The minimum atomic E-state index is -0.373. The van der Waals surface area contributed by atoms with Crippen molar-refractivity contribution >= 4 is 5.69 Å². The van der Waals surface area contributed by atoms with Gasteiger partial charge in [-0.2, -0.15) is 0 Å². The van der Waals surface area contributed by atoms with Crippen LogP contribution >= 0.6 is 0 Å². The number of hydrogen-bond donors (Lipinski definition) is 1. The molecule has 1 atom stereocenters. The highest BCUT2D eigenvalue weighted by atomic mass is 16.6. The van der Waals surface area contributed by atoms with Crippen LogP contribution in [0.25, 0.3) is 0 Å². The van der Waals surface area contributed by atoms with Crippen LogP contribution in [0.5, 0.6) is 0 Å². The average Bonchev–Trinajstić information content (AvgIpc) is 2.92. The summed E-state index contributed by atoms with van der Waals surface area (Å²) in [6.07, 6.45) is 5.41. The van der Waals surface area contributed by atoms with Gasteiger partial charge in [0, 0.05) is 43.7 Å². The quantitative estimate of drug-likeness (QED) is 0.638. The van der Waals surface area contributed by atoms with Gasteiger partial charge in [0.25, 0.3) is 5.69 Å². The van der Waals surface area contributed by atoms with Crippen molar-refractivity contribution in [2.75, 3.05) is 6.54 Å². The summed E-state index contributed by atoms with van der Waals surface area (Å²) >= 11 is 0. The lowest BCUT2D eigenvalue weighted by molar-refractivity contribution is -0.384. The Hall–Kier alpha value is -2.21. The number of non-ortho nitro benzene ring substituents is 1. The largest absolute Gasteiger partial charge is 0.336 e. The Morgan fingerprint density at radius 2 is 2.37 bits per heavy atom. The number of nitro benzene ring substituents is 1. The molecule has 6 nitrogen and oxygen atoms in total. The average molecular weight is 260 g/mol. The molecule has 0 aliphatic carbocycles. The van der Waals surface area contributed by atoms with Gasteiger partial charge in [0.1, 0.15) is 0 Å². The first kappa shape index (κ1) is 13.2. The molecule has 2 aromatic rings. The van der Waals surface area contributed by atoms with E-state index >= 15 is 0 Å². The summed E-state index contributed by atoms with van der Waals surface area (Å²) in [5.74, 6) is 0. The zero-order valence-corrected chi connectivity index (χ0v) is 10.7. The molecule has 0 saturated carbocycles. The predicted octanol–water partition coefficient (Wildman–Crippen LogP) is 2.14. The van der Waals surface area contributed by atoms with Crippen LogP contribution in [0.3, 0.4) is 0 Å². The van der Waals surface area contributed by atoms with Crippen molar-refractivity contribution in [3.05, 3.63) is 58.7 Å². The van der Waals surface area contributed by atoms with Gasteiger partial charge in [-0.05, 0) is 12.5 Å². The zero-order valence-electron chi connectivity index (χ0n) is 10.7. The van der Waals surface area contributed by atoms with E-state index in [4.69, 9.17) is 0 Å². The van der Waals surface area contributed by atoms with E-state index in [1.54, 1.807) is 24.7 Å². The lowest BCUT2D eigenvalue weighted by Crippen LogP contribution is -2.23. The summed E-state index contributed by atoms with van der Waals surface area (Å²) in [4.78, 5) is 14.3. The number of benzene rings is 1. The fourth-order valence-electron chi connectivity index (χ4n) is 1.85. The Morgan fingerprint density at radius 3 is 3.05 bits per heavy atom. The predicted molar refractivity (Wildman–Crippen MR) is 71.7 cm³/mol. The molecule has 0 bridgehead atoms. The van der Waals surface area contributed by atoms with Gasteiger partial charge in [-0.1, -0.05) is 12.1 Å². The first-order valence-corrected chi connectivity index (χ1v) is 6.10. The number of rotatable bonds is 6. The summed E-state index contributed by atoms with van der Waals surface area (Å²) in [7, 11) is 0. The van der Waals surface area contributed by atoms with Crippen molar-refractivity contribution in [3.63, 3.8) is 0 Å². The van der Waals surface area contributed by atoms with Crippen LogP contribution in [0.2, 0.25) is 0 Å². The van der Waals surface area contributed by atoms with Gasteiger partial charge in [0.05, 0.1) is 11.3 Å². The molecule has 1 aromatic heterocycles. The van der Waals surface area contributed by atoms with Gasteiger partial charge < -0.3 is 9.88 Å². The van der Waals surface area contributed by atoms with Crippen LogP contribution in [0.4, 0.5) is 5.69 Å². The number of nitro groups is 1. The van der Waals surface area contributed by atoms with Crippen LogP contribution in [0, 0.1) is 10.1 Å². The zero-order chi connectivity index (χ0) is 13.7. The highest BCUT2D eigenvalue weighted by molar-refractivity contribution is 5.35. The van der Waals surface area contributed by atoms with E-state index in [0.29, 0.717) is 0 Å². The molecular formula is C13H16N4O2. The lowest BCUT2D eigenvalue weighted by atomic mass is 10.1. The van der Waals surface area contributed by atoms with E-state index in [2.05, 4.69) is 10.3 Å². The van der Waals surface area contributed by atoms with E-state index in [-0.39, 0.29) is 16.7 Å². The molecule has 0 saturated heterocycles. The van der Waals surface area contributed by atoms with Crippen LogP contribution in [-0.2, 0) is 6.54 Å². The number of nitrogens with zero attached hydrogens (tertiary/aromatic N) is 3. The standard InChI is InChI=1S/C13H16N4O2/c1-11(15-6-8-16-7-5-14-10-16)12-3-2-4-13(9-12)17(18)19/h2-5,7,9-11,15H,6,8H2,1H3. The van der Waals surface area contributed by atoms with Crippen molar-refractivity contribution in [2.45, 2.75) is 19.5 Å². The fraction of sp³-hybridized carbons (Fsp3) is 0.308. The summed E-state index contributed by atoms with van der Waals surface area (Å²) in [6.45, 7) is 3.59. The van der Waals surface area contributed by atoms with Crippen molar-refractivity contribution < 1.29 is 4.92 Å². The molecule has 0 radical (unpaired) electrons. The fourth-order valence-corrected chi connectivity index (χ4v) is 1.85. The summed E-state index contributed by atoms with van der Waals surface area (Å²) in [6, 6.07) is 6.78. The molecule has 0 aliphatic heterocycles. The first-order chi connectivity index (χ1) is 9.16. The van der Waals surface area contributed by atoms with Crippen molar-refractivity contribution in [1.82, 2.24) is 14.9 Å². The Bertz CT molecular complexity index is 539. The van der Waals surface area contributed by atoms with E-state index in [0.717, 1.165) is 18.7 Å². The van der Waals surface area contributed by atoms with Crippen molar-refractivity contribution in [2.24, 2.45) is 0 Å². The molecule has 0 fully saturated rings. The molecule has 1 aromatic carbocycles. The molecule has 19 heavy (non-hydrogen) atoms. The number of nitrogens with one attached hydrogen (secondary N) is 1. The SMILES string of the molecule is CC(NCCn1ccnc1)c1cccc([N+](=O)[O-])c1. The molecule has 100 valence electrons. The highest BCUT2D eigenvalue weighted by Gasteiger charge is 2.10. The Kier molecular flexibility index (Phi) is 4.25. The molecule has 2 rings (SSSR count). The number of hydrogen-bond acceptors (Lipinski definition) is 4. The van der Waals surface area contributed by atoms with Gasteiger partial charge in [-0.15, -0.1) is 0 Å². The maximum absolute atomic E-state index is 10.7. The second-order valence-corrected chi connectivity index (χ2v) is 4.33. The van der Waals surface area contributed by atoms with E-state index in [1.807, 2.05) is 23.8 Å². The van der Waals surface area contributed by atoms with Crippen molar-refractivity contribution in [3.8, 4) is 0 Å². The topological polar surface area (TPSA) is 73.0 Å².